The number of aromatic nitrogens is 4. The van der Waals surface area contributed by atoms with Gasteiger partial charge >= 0.3 is 0 Å². The smallest absolute Gasteiger partial charge is 0.181 e. The van der Waals surface area contributed by atoms with Crippen molar-refractivity contribution in [1.29, 1.82) is 0 Å². The Hall–Kier alpha value is -2.89. The minimum Gasteiger partial charge on any atom is -0.505 e. The van der Waals surface area contributed by atoms with Gasteiger partial charge < -0.3 is 10.8 Å². The zero-order valence-corrected chi connectivity index (χ0v) is 9.91. The summed E-state index contributed by atoms with van der Waals surface area (Å²) in [6, 6.07) is 13.1. The van der Waals surface area contributed by atoms with Gasteiger partial charge in [-0.2, -0.15) is 0 Å². The van der Waals surface area contributed by atoms with E-state index in [1.54, 1.807) is 12.1 Å². The van der Waals surface area contributed by atoms with E-state index in [0.29, 0.717) is 17.0 Å². The predicted molar refractivity (Wildman–Crippen MR) is 71.1 cm³/mol. The van der Waals surface area contributed by atoms with Crippen molar-refractivity contribution in [3.63, 3.8) is 0 Å². The summed E-state index contributed by atoms with van der Waals surface area (Å²) >= 11 is 0. The molecule has 0 radical (unpaired) electrons. The van der Waals surface area contributed by atoms with Gasteiger partial charge in [0.2, 0.25) is 0 Å². The first kappa shape index (κ1) is 11.2. The topological polar surface area (TPSA) is 101 Å². The number of phenols is 1. The van der Waals surface area contributed by atoms with Crippen LogP contribution in [0.4, 0.5) is 5.69 Å². The molecule has 1 aromatic heterocycles. The summed E-state index contributed by atoms with van der Waals surface area (Å²) in [5.74, 6) is 0.451. The van der Waals surface area contributed by atoms with Gasteiger partial charge in [-0.15, -0.1) is 5.10 Å². The first-order valence-electron chi connectivity index (χ1n) is 5.68. The molecular weight excluding hydrogens is 242 g/mol. The highest BCUT2D eigenvalue weighted by atomic mass is 16.3. The molecule has 0 atom stereocenters. The fourth-order valence-electron chi connectivity index (χ4n) is 1.94. The van der Waals surface area contributed by atoms with Gasteiger partial charge in [0.15, 0.2) is 5.82 Å². The largest absolute Gasteiger partial charge is 0.505 e. The molecule has 2 aromatic carbocycles. The highest BCUT2D eigenvalue weighted by molar-refractivity contribution is 5.85. The van der Waals surface area contributed by atoms with E-state index < -0.39 is 0 Å². The van der Waals surface area contributed by atoms with Crippen LogP contribution < -0.4 is 5.73 Å². The van der Waals surface area contributed by atoms with Crippen molar-refractivity contribution in [2.75, 3.05) is 5.73 Å². The van der Waals surface area contributed by atoms with Crippen molar-refractivity contribution in [2.45, 2.75) is 0 Å². The number of aromatic hydroxyl groups is 1. The van der Waals surface area contributed by atoms with Crippen LogP contribution in [0, 0.1) is 0 Å². The van der Waals surface area contributed by atoms with E-state index in [2.05, 4.69) is 20.6 Å². The SMILES string of the molecule is Nc1c(-c2nnn[nH]2)ccc(-c2ccccc2)c1O. The summed E-state index contributed by atoms with van der Waals surface area (Å²) in [6.07, 6.45) is 0. The summed E-state index contributed by atoms with van der Waals surface area (Å²) in [6.45, 7) is 0. The van der Waals surface area contributed by atoms with Gasteiger partial charge in [0, 0.05) is 11.1 Å². The minimum absolute atomic E-state index is 0.0279. The van der Waals surface area contributed by atoms with Gasteiger partial charge in [0.25, 0.3) is 0 Å². The van der Waals surface area contributed by atoms with Crippen LogP contribution in [0.2, 0.25) is 0 Å². The summed E-state index contributed by atoms with van der Waals surface area (Å²) in [5.41, 5.74) is 8.34. The molecule has 3 aromatic rings. The monoisotopic (exact) mass is 253 g/mol. The second-order valence-electron chi connectivity index (χ2n) is 4.04. The van der Waals surface area contributed by atoms with E-state index in [0.717, 1.165) is 5.56 Å². The van der Waals surface area contributed by atoms with Crippen LogP contribution >= 0.6 is 0 Å². The Morgan fingerprint density at radius 3 is 2.42 bits per heavy atom. The molecule has 0 saturated heterocycles. The van der Waals surface area contributed by atoms with E-state index in [4.69, 9.17) is 5.73 Å². The van der Waals surface area contributed by atoms with Gasteiger partial charge in [-0.1, -0.05) is 30.3 Å². The Morgan fingerprint density at radius 2 is 1.74 bits per heavy atom. The van der Waals surface area contributed by atoms with Crippen LogP contribution in [0.5, 0.6) is 5.75 Å². The normalized spacial score (nSPS) is 10.5. The molecule has 4 N–H and O–H groups in total. The number of hydrogen-bond acceptors (Lipinski definition) is 5. The van der Waals surface area contributed by atoms with Crippen molar-refractivity contribution in [1.82, 2.24) is 20.6 Å². The van der Waals surface area contributed by atoms with Gasteiger partial charge in [0.1, 0.15) is 5.75 Å². The number of phenolic OH excluding ortho intramolecular Hbond substituents is 1. The molecule has 0 unspecified atom stereocenters. The molecular formula is C13H11N5O. The highest BCUT2D eigenvalue weighted by Gasteiger charge is 2.14. The molecule has 6 heteroatoms. The second-order valence-corrected chi connectivity index (χ2v) is 4.04. The molecule has 0 aliphatic carbocycles. The number of aromatic amines is 1. The Balaban J connectivity index is 2.14. The molecule has 94 valence electrons. The minimum atomic E-state index is 0.0279. The highest BCUT2D eigenvalue weighted by Crippen LogP contribution is 2.38. The first-order valence-corrected chi connectivity index (χ1v) is 5.68. The predicted octanol–water partition coefficient (Wildman–Crippen LogP) is 1.82. The van der Waals surface area contributed by atoms with Gasteiger partial charge in [-0.3, -0.25) is 0 Å². The van der Waals surface area contributed by atoms with Crippen LogP contribution in [0.3, 0.4) is 0 Å². The fourth-order valence-corrected chi connectivity index (χ4v) is 1.94. The lowest BCUT2D eigenvalue weighted by atomic mass is 10.0. The Morgan fingerprint density at radius 1 is 1.00 bits per heavy atom. The molecule has 3 rings (SSSR count). The quantitative estimate of drug-likeness (QED) is 0.477. The first-order chi connectivity index (χ1) is 9.27. The van der Waals surface area contributed by atoms with Crippen molar-refractivity contribution in [3.8, 4) is 28.3 Å². The average molecular weight is 253 g/mol. The lowest BCUT2D eigenvalue weighted by molar-refractivity contribution is 0.480. The van der Waals surface area contributed by atoms with Crippen LogP contribution in [0.1, 0.15) is 0 Å². The molecule has 0 fully saturated rings. The number of H-pyrrole nitrogens is 1. The van der Waals surface area contributed by atoms with Crippen LogP contribution in [-0.4, -0.2) is 25.7 Å². The van der Waals surface area contributed by atoms with E-state index >= 15 is 0 Å². The fraction of sp³-hybridized carbons (Fsp3) is 0. The molecule has 19 heavy (non-hydrogen) atoms. The molecule has 0 bridgehead atoms. The second kappa shape index (κ2) is 4.41. The van der Waals surface area contributed by atoms with E-state index in [1.807, 2.05) is 30.3 Å². The maximum atomic E-state index is 10.2. The zero-order chi connectivity index (χ0) is 13.2. The Bertz CT molecular complexity index is 695. The lowest BCUT2D eigenvalue weighted by Gasteiger charge is -2.10. The number of nitrogen functional groups attached to an aromatic ring is 1. The molecule has 1 heterocycles. The number of rotatable bonds is 2. The third-order valence-corrected chi connectivity index (χ3v) is 2.90. The number of nitrogens with zero attached hydrogens (tertiary/aromatic N) is 3. The van der Waals surface area contributed by atoms with Gasteiger partial charge in [-0.25, -0.2) is 5.10 Å². The maximum Gasteiger partial charge on any atom is 0.181 e. The van der Waals surface area contributed by atoms with Crippen molar-refractivity contribution in [3.05, 3.63) is 42.5 Å². The molecule has 0 saturated carbocycles. The zero-order valence-electron chi connectivity index (χ0n) is 9.91. The number of benzene rings is 2. The maximum absolute atomic E-state index is 10.2. The lowest BCUT2D eigenvalue weighted by Crippen LogP contribution is -1.94. The van der Waals surface area contributed by atoms with Crippen molar-refractivity contribution < 1.29 is 5.11 Å². The third-order valence-electron chi connectivity index (χ3n) is 2.90. The molecule has 0 amide bonds. The summed E-state index contributed by atoms with van der Waals surface area (Å²) < 4.78 is 0. The van der Waals surface area contributed by atoms with Crippen LogP contribution in [0.15, 0.2) is 42.5 Å². The molecule has 0 aliphatic rings. The summed E-state index contributed by atoms with van der Waals surface area (Å²) in [4.78, 5) is 0. The standard InChI is InChI=1S/C13H11N5O/c14-11-10(13-15-17-18-16-13)7-6-9(12(11)19)8-4-2-1-3-5-8/h1-7,19H,14H2,(H,15,16,17,18). The molecule has 0 spiro atoms. The number of anilines is 1. The van der Waals surface area contributed by atoms with Gasteiger partial charge in [-0.05, 0) is 28.1 Å². The molecule has 6 nitrogen and oxygen atoms in total. The van der Waals surface area contributed by atoms with Crippen LogP contribution in [-0.2, 0) is 0 Å². The number of hydrogen-bond donors (Lipinski definition) is 3. The van der Waals surface area contributed by atoms with Gasteiger partial charge in [0.05, 0.1) is 5.69 Å². The van der Waals surface area contributed by atoms with E-state index in [9.17, 15) is 5.11 Å². The Kier molecular flexibility index (Phi) is 2.60. The summed E-state index contributed by atoms with van der Waals surface area (Å²) in [7, 11) is 0. The van der Waals surface area contributed by atoms with Crippen molar-refractivity contribution >= 4 is 5.69 Å². The number of nitrogens with one attached hydrogen (secondary N) is 1. The third kappa shape index (κ3) is 1.89. The summed E-state index contributed by atoms with van der Waals surface area (Å²) in [5, 5.41) is 23.6. The molecule has 0 aliphatic heterocycles. The Labute approximate surface area is 108 Å². The average Bonchev–Trinajstić information content (AvgIpc) is 2.97. The van der Waals surface area contributed by atoms with Crippen LogP contribution in [0.25, 0.3) is 22.5 Å². The number of nitrogens with two attached hydrogens (primary N) is 1. The number of tetrazole rings is 1. The van der Waals surface area contributed by atoms with Crippen molar-refractivity contribution in [2.24, 2.45) is 0 Å². The van der Waals surface area contributed by atoms with E-state index in [1.165, 1.54) is 0 Å². The van der Waals surface area contributed by atoms with E-state index in [-0.39, 0.29) is 11.4 Å².